The van der Waals surface area contributed by atoms with Crippen molar-refractivity contribution in [3.05, 3.63) is 35.4 Å². The molecule has 0 spiro atoms. The molecule has 0 amide bonds. The second kappa shape index (κ2) is 5.64. The SMILES string of the molecule is N#CCc1ccccc1CN1CCNCC1. The van der Waals surface area contributed by atoms with Crippen LogP contribution in [-0.2, 0) is 13.0 Å². The van der Waals surface area contributed by atoms with Crippen molar-refractivity contribution in [2.24, 2.45) is 0 Å². The van der Waals surface area contributed by atoms with Crippen LogP contribution in [0.3, 0.4) is 0 Å². The van der Waals surface area contributed by atoms with Gasteiger partial charge in [-0.1, -0.05) is 24.3 Å². The minimum Gasteiger partial charge on any atom is -0.314 e. The van der Waals surface area contributed by atoms with E-state index in [9.17, 15) is 0 Å². The first-order chi connectivity index (χ1) is 7.90. The Morgan fingerprint density at radius 1 is 1.19 bits per heavy atom. The van der Waals surface area contributed by atoms with Gasteiger partial charge in [0.25, 0.3) is 0 Å². The third kappa shape index (κ3) is 2.82. The zero-order valence-electron chi connectivity index (χ0n) is 9.45. The van der Waals surface area contributed by atoms with Gasteiger partial charge in [0.05, 0.1) is 12.5 Å². The average molecular weight is 215 g/mol. The maximum absolute atomic E-state index is 8.78. The molecule has 1 aliphatic rings. The zero-order chi connectivity index (χ0) is 11.2. The van der Waals surface area contributed by atoms with Crippen LogP contribution < -0.4 is 5.32 Å². The molecule has 0 saturated carbocycles. The first-order valence-electron chi connectivity index (χ1n) is 5.77. The highest BCUT2D eigenvalue weighted by molar-refractivity contribution is 5.29. The maximum Gasteiger partial charge on any atom is 0.0669 e. The number of piperazine rings is 1. The monoisotopic (exact) mass is 215 g/mol. The summed E-state index contributed by atoms with van der Waals surface area (Å²) in [6.45, 7) is 5.31. The fourth-order valence-electron chi connectivity index (χ4n) is 2.08. The number of rotatable bonds is 3. The first kappa shape index (κ1) is 11.1. The van der Waals surface area contributed by atoms with Crippen LogP contribution in [0.2, 0.25) is 0 Å². The van der Waals surface area contributed by atoms with E-state index in [1.807, 2.05) is 6.07 Å². The summed E-state index contributed by atoms with van der Waals surface area (Å²) in [5.74, 6) is 0. The Balaban J connectivity index is 2.05. The van der Waals surface area contributed by atoms with Crippen molar-refractivity contribution in [3.8, 4) is 6.07 Å². The molecule has 1 aromatic carbocycles. The van der Waals surface area contributed by atoms with Gasteiger partial charge in [0.2, 0.25) is 0 Å². The lowest BCUT2D eigenvalue weighted by Gasteiger charge is -2.27. The highest BCUT2D eigenvalue weighted by atomic mass is 15.2. The molecule has 0 bridgehead atoms. The molecule has 1 heterocycles. The van der Waals surface area contributed by atoms with Crippen LogP contribution in [0.4, 0.5) is 0 Å². The average Bonchev–Trinajstić information content (AvgIpc) is 2.33. The Morgan fingerprint density at radius 3 is 2.56 bits per heavy atom. The minimum atomic E-state index is 0.516. The lowest BCUT2D eigenvalue weighted by molar-refractivity contribution is 0.233. The molecule has 1 aliphatic heterocycles. The van der Waals surface area contributed by atoms with Crippen LogP contribution in [-0.4, -0.2) is 31.1 Å². The van der Waals surface area contributed by atoms with Crippen LogP contribution in [0.25, 0.3) is 0 Å². The number of nitrogens with zero attached hydrogens (tertiary/aromatic N) is 2. The summed E-state index contributed by atoms with van der Waals surface area (Å²) in [5, 5.41) is 12.1. The smallest absolute Gasteiger partial charge is 0.0669 e. The van der Waals surface area contributed by atoms with Crippen LogP contribution in [0.1, 0.15) is 11.1 Å². The fraction of sp³-hybridized carbons (Fsp3) is 0.462. The Labute approximate surface area is 96.7 Å². The predicted octanol–water partition coefficient (Wildman–Crippen LogP) is 1.16. The van der Waals surface area contributed by atoms with Gasteiger partial charge in [0.1, 0.15) is 0 Å². The molecule has 1 saturated heterocycles. The Bertz CT molecular complexity index is 375. The normalized spacial score (nSPS) is 16.9. The van der Waals surface area contributed by atoms with Gasteiger partial charge >= 0.3 is 0 Å². The summed E-state index contributed by atoms with van der Waals surface area (Å²) in [4.78, 5) is 2.44. The van der Waals surface area contributed by atoms with E-state index in [0.29, 0.717) is 6.42 Å². The van der Waals surface area contributed by atoms with E-state index in [1.165, 1.54) is 11.1 Å². The molecule has 1 aromatic rings. The first-order valence-corrected chi connectivity index (χ1v) is 5.77. The summed E-state index contributed by atoms with van der Waals surface area (Å²) >= 11 is 0. The third-order valence-electron chi connectivity index (χ3n) is 2.99. The number of nitrogens with one attached hydrogen (secondary N) is 1. The summed E-state index contributed by atoms with van der Waals surface area (Å²) in [7, 11) is 0. The van der Waals surface area contributed by atoms with Crippen molar-refractivity contribution >= 4 is 0 Å². The summed E-state index contributed by atoms with van der Waals surface area (Å²) in [5.41, 5.74) is 2.47. The van der Waals surface area contributed by atoms with E-state index in [2.05, 4.69) is 34.5 Å². The molecule has 0 radical (unpaired) electrons. The molecule has 2 rings (SSSR count). The molecule has 84 valence electrons. The van der Waals surface area contributed by atoms with Crippen LogP contribution in [0, 0.1) is 11.3 Å². The number of hydrogen-bond acceptors (Lipinski definition) is 3. The second-order valence-corrected chi connectivity index (χ2v) is 4.13. The Hall–Kier alpha value is -1.37. The minimum absolute atomic E-state index is 0.516. The summed E-state index contributed by atoms with van der Waals surface area (Å²) in [6, 6.07) is 10.5. The topological polar surface area (TPSA) is 39.1 Å². The van der Waals surface area contributed by atoms with E-state index < -0.39 is 0 Å². The molecule has 0 aromatic heterocycles. The highest BCUT2D eigenvalue weighted by Crippen LogP contribution is 2.12. The second-order valence-electron chi connectivity index (χ2n) is 4.13. The van der Waals surface area contributed by atoms with Crippen LogP contribution >= 0.6 is 0 Å². The largest absolute Gasteiger partial charge is 0.314 e. The van der Waals surface area contributed by atoms with Gasteiger partial charge in [-0.05, 0) is 11.1 Å². The Kier molecular flexibility index (Phi) is 3.92. The third-order valence-corrected chi connectivity index (χ3v) is 2.99. The van der Waals surface area contributed by atoms with Crippen molar-refractivity contribution in [3.63, 3.8) is 0 Å². The molecule has 3 nitrogen and oxygen atoms in total. The van der Waals surface area contributed by atoms with E-state index in [0.717, 1.165) is 32.7 Å². The van der Waals surface area contributed by atoms with Gasteiger partial charge in [-0.3, -0.25) is 4.90 Å². The standard InChI is InChI=1S/C13H17N3/c14-6-5-12-3-1-2-4-13(12)11-16-9-7-15-8-10-16/h1-4,15H,5,7-11H2. The van der Waals surface area contributed by atoms with Gasteiger partial charge < -0.3 is 5.32 Å². The Morgan fingerprint density at radius 2 is 1.88 bits per heavy atom. The summed E-state index contributed by atoms with van der Waals surface area (Å²) < 4.78 is 0. The van der Waals surface area contributed by atoms with Crippen molar-refractivity contribution in [2.75, 3.05) is 26.2 Å². The van der Waals surface area contributed by atoms with Gasteiger partial charge in [-0.15, -0.1) is 0 Å². The molecule has 3 heteroatoms. The number of nitriles is 1. The number of hydrogen-bond donors (Lipinski definition) is 1. The van der Waals surface area contributed by atoms with Crippen LogP contribution in [0.5, 0.6) is 0 Å². The van der Waals surface area contributed by atoms with Crippen LogP contribution in [0.15, 0.2) is 24.3 Å². The molecule has 0 aliphatic carbocycles. The molecular formula is C13H17N3. The van der Waals surface area contributed by atoms with E-state index >= 15 is 0 Å². The molecule has 1 fully saturated rings. The lowest BCUT2D eigenvalue weighted by atomic mass is 10.0. The van der Waals surface area contributed by atoms with Gasteiger partial charge in [0.15, 0.2) is 0 Å². The molecule has 0 unspecified atom stereocenters. The van der Waals surface area contributed by atoms with E-state index in [1.54, 1.807) is 0 Å². The van der Waals surface area contributed by atoms with E-state index in [4.69, 9.17) is 5.26 Å². The van der Waals surface area contributed by atoms with Gasteiger partial charge in [-0.2, -0.15) is 5.26 Å². The van der Waals surface area contributed by atoms with Gasteiger partial charge in [0, 0.05) is 32.7 Å². The summed E-state index contributed by atoms with van der Waals surface area (Å²) in [6.07, 6.45) is 0.516. The van der Waals surface area contributed by atoms with Crippen molar-refractivity contribution in [1.29, 1.82) is 5.26 Å². The number of benzene rings is 1. The molecular weight excluding hydrogens is 198 g/mol. The quantitative estimate of drug-likeness (QED) is 0.822. The fourth-order valence-corrected chi connectivity index (χ4v) is 2.08. The molecule has 16 heavy (non-hydrogen) atoms. The van der Waals surface area contributed by atoms with E-state index in [-0.39, 0.29) is 0 Å². The van der Waals surface area contributed by atoms with Crippen molar-refractivity contribution < 1.29 is 0 Å². The van der Waals surface area contributed by atoms with Gasteiger partial charge in [-0.25, -0.2) is 0 Å². The molecule has 1 N–H and O–H groups in total. The highest BCUT2D eigenvalue weighted by Gasteiger charge is 2.11. The predicted molar refractivity (Wildman–Crippen MR) is 63.9 cm³/mol. The van der Waals surface area contributed by atoms with Crippen molar-refractivity contribution in [1.82, 2.24) is 10.2 Å². The maximum atomic E-state index is 8.78. The lowest BCUT2D eigenvalue weighted by Crippen LogP contribution is -2.43. The zero-order valence-corrected chi connectivity index (χ0v) is 9.45. The van der Waals surface area contributed by atoms with Crippen molar-refractivity contribution in [2.45, 2.75) is 13.0 Å². The molecule has 0 atom stereocenters.